The highest BCUT2D eigenvalue weighted by atomic mass is 16.6. The fraction of sp³-hybridized carbons (Fsp3) is 0.526. The molecule has 25 heavy (non-hydrogen) atoms. The number of amides is 1. The molecule has 6 heteroatoms. The number of non-ortho nitro benzene ring substituents is 1. The molecule has 1 amide bonds. The van der Waals surface area contributed by atoms with Gasteiger partial charge in [0.15, 0.2) is 0 Å². The second-order valence-electron chi connectivity index (χ2n) is 6.53. The number of hydrogen-bond acceptors (Lipinski definition) is 3. The van der Waals surface area contributed by atoms with Crippen molar-refractivity contribution in [3.05, 3.63) is 40.1 Å². The highest BCUT2D eigenvalue weighted by Crippen LogP contribution is 2.25. The molecule has 2 rings (SSSR count). The van der Waals surface area contributed by atoms with Crippen LogP contribution in [0.3, 0.4) is 0 Å². The van der Waals surface area contributed by atoms with E-state index in [0.29, 0.717) is 10.9 Å². The minimum atomic E-state index is -0.431. The standard InChI is InChI=1S/C19H27N3O3/c1-4-6-7-11-21(14(3)8-5-2)19(23)17-13-20-18-10-9-15(22(24)25)12-16(17)18/h9-10,12-14,20H,4-8,11H2,1-3H3. The molecular formula is C19H27N3O3. The Balaban J connectivity index is 2.35. The predicted octanol–water partition coefficient (Wildman–Crippen LogP) is 4.90. The zero-order valence-corrected chi connectivity index (χ0v) is 15.2. The van der Waals surface area contributed by atoms with Gasteiger partial charge in [0.2, 0.25) is 0 Å². The SMILES string of the molecule is CCCCCN(C(=O)c1c[nH]c2ccc([N+](=O)[O-])cc12)C(C)CCC. The molecular weight excluding hydrogens is 318 g/mol. The van der Waals surface area contributed by atoms with Crippen LogP contribution in [0.1, 0.15) is 63.2 Å². The number of nitrogens with one attached hydrogen (secondary N) is 1. The molecule has 0 spiro atoms. The van der Waals surface area contributed by atoms with Gasteiger partial charge in [-0.25, -0.2) is 0 Å². The number of rotatable bonds is 9. The van der Waals surface area contributed by atoms with Crippen LogP contribution in [0.15, 0.2) is 24.4 Å². The predicted molar refractivity (Wildman–Crippen MR) is 99.9 cm³/mol. The molecule has 1 heterocycles. The fourth-order valence-electron chi connectivity index (χ4n) is 3.18. The molecule has 1 N–H and O–H groups in total. The van der Waals surface area contributed by atoms with Gasteiger partial charge in [0.05, 0.1) is 10.5 Å². The maximum absolute atomic E-state index is 13.1. The Hall–Kier alpha value is -2.37. The number of nitro benzene ring substituents is 1. The number of aromatic nitrogens is 1. The van der Waals surface area contributed by atoms with Crippen LogP contribution >= 0.6 is 0 Å². The molecule has 6 nitrogen and oxygen atoms in total. The average Bonchev–Trinajstić information content (AvgIpc) is 3.01. The summed E-state index contributed by atoms with van der Waals surface area (Å²) in [6.07, 6.45) is 6.78. The van der Waals surface area contributed by atoms with Crippen molar-refractivity contribution < 1.29 is 9.72 Å². The van der Waals surface area contributed by atoms with Gasteiger partial charge >= 0.3 is 0 Å². The van der Waals surface area contributed by atoms with Gasteiger partial charge in [-0.2, -0.15) is 0 Å². The normalized spacial score (nSPS) is 12.3. The molecule has 0 radical (unpaired) electrons. The Bertz CT molecular complexity index is 739. The molecule has 2 aromatic rings. The molecule has 1 aromatic heterocycles. The van der Waals surface area contributed by atoms with E-state index < -0.39 is 4.92 Å². The molecule has 136 valence electrons. The van der Waals surface area contributed by atoms with E-state index in [1.54, 1.807) is 12.3 Å². The maximum Gasteiger partial charge on any atom is 0.270 e. The topological polar surface area (TPSA) is 79.2 Å². The van der Waals surface area contributed by atoms with Gasteiger partial charge in [-0.05, 0) is 25.8 Å². The number of carbonyl (C=O) groups excluding carboxylic acids is 1. The smallest absolute Gasteiger partial charge is 0.270 e. The van der Waals surface area contributed by atoms with Crippen molar-refractivity contribution in [1.29, 1.82) is 0 Å². The number of unbranched alkanes of at least 4 members (excludes halogenated alkanes) is 2. The molecule has 0 aliphatic heterocycles. The van der Waals surface area contributed by atoms with Crippen LogP contribution in [-0.2, 0) is 0 Å². The van der Waals surface area contributed by atoms with E-state index in [-0.39, 0.29) is 17.6 Å². The van der Waals surface area contributed by atoms with E-state index in [1.165, 1.54) is 12.1 Å². The summed E-state index contributed by atoms with van der Waals surface area (Å²) in [5.74, 6) is -0.0520. The largest absolute Gasteiger partial charge is 0.360 e. The first-order valence-corrected chi connectivity index (χ1v) is 9.06. The molecule has 0 aliphatic carbocycles. The Morgan fingerprint density at radius 1 is 1.28 bits per heavy atom. The first kappa shape index (κ1) is 19.0. The quantitative estimate of drug-likeness (QED) is 0.399. The third kappa shape index (κ3) is 4.38. The summed E-state index contributed by atoms with van der Waals surface area (Å²) in [6.45, 7) is 7.04. The van der Waals surface area contributed by atoms with Crippen LogP contribution in [0.2, 0.25) is 0 Å². The summed E-state index contributed by atoms with van der Waals surface area (Å²) in [7, 11) is 0. The Morgan fingerprint density at radius 3 is 2.68 bits per heavy atom. The van der Waals surface area contributed by atoms with Gasteiger partial charge in [0.25, 0.3) is 11.6 Å². The number of nitro groups is 1. The molecule has 0 bridgehead atoms. The second kappa shape index (κ2) is 8.65. The molecule has 1 atom stereocenters. The van der Waals surface area contributed by atoms with Crippen LogP contribution in [-0.4, -0.2) is 33.3 Å². The zero-order valence-electron chi connectivity index (χ0n) is 15.2. The zero-order chi connectivity index (χ0) is 18.4. The van der Waals surface area contributed by atoms with E-state index in [0.717, 1.165) is 44.2 Å². The lowest BCUT2D eigenvalue weighted by molar-refractivity contribution is -0.384. The number of aromatic amines is 1. The van der Waals surface area contributed by atoms with E-state index in [1.807, 2.05) is 4.90 Å². The van der Waals surface area contributed by atoms with Gasteiger partial charge in [0.1, 0.15) is 0 Å². The van der Waals surface area contributed by atoms with Gasteiger partial charge in [-0.15, -0.1) is 0 Å². The second-order valence-corrected chi connectivity index (χ2v) is 6.53. The Kier molecular flexibility index (Phi) is 6.56. The highest BCUT2D eigenvalue weighted by Gasteiger charge is 2.24. The van der Waals surface area contributed by atoms with Gasteiger partial charge in [-0.1, -0.05) is 33.1 Å². The van der Waals surface area contributed by atoms with Crippen molar-refractivity contribution >= 4 is 22.5 Å². The lowest BCUT2D eigenvalue weighted by atomic mass is 10.1. The van der Waals surface area contributed by atoms with E-state index >= 15 is 0 Å². The summed E-state index contributed by atoms with van der Waals surface area (Å²) >= 11 is 0. The molecule has 0 saturated heterocycles. The van der Waals surface area contributed by atoms with Crippen LogP contribution in [0.4, 0.5) is 5.69 Å². The van der Waals surface area contributed by atoms with Crippen LogP contribution in [0, 0.1) is 10.1 Å². The Morgan fingerprint density at radius 2 is 2.04 bits per heavy atom. The lowest BCUT2D eigenvalue weighted by Crippen LogP contribution is -2.39. The van der Waals surface area contributed by atoms with Gasteiger partial charge in [0, 0.05) is 41.8 Å². The fourth-order valence-corrected chi connectivity index (χ4v) is 3.18. The van der Waals surface area contributed by atoms with E-state index in [4.69, 9.17) is 0 Å². The van der Waals surface area contributed by atoms with Crippen LogP contribution < -0.4 is 0 Å². The molecule has 0 fully saturated rings. The first-order valence-electron chi connectivity index (χ1n) is 9.06. The maximum atomic E-state index is 13.1. The summed E-state index contributed by atoms with van der Waals surface area (Å²) in [6, 6.07) is 4.73. The monoisotopic (exact) mass is 345 g/mol. The Labute approximate surface area is 148 Å². The number of hydrogen-bond donors (Lipinski definition) is 1. The van der Waals surface area contributed by atoms with Crippen molar-refractivity contribution in [2.24, 2.45) is 0 Å². The molecule has 1 unspecified atom stereocenters. The third-order valence-corrected chi connectivity index (χ3v) is 4.61. The first-order chi connectivity index (χ1) is 12.0. The number of carbonyl (C=O) groups is 1. The van der Waals surface area contributed by atoms with Crippen molar-refractivity contribution in [2.75, 3.05) is 6.54 Å². The van der Waals surface area contributed by atoms with Crippen molar-refractivity contribution in [3.63, 3.8) is 0 Å². The highest BCUT2D eigenvalue weighted by molar-refractivity contribution is 6.07. The minimum absolute atomic E-state index is 0.000268. The van der Waals surface area contributed by atoms with Crippen molar-refractivity contribution in [2.45, 2.75) is 58.9 Å². The van der Waals surface area contributed by atoms with Crippen LogP contribution in [0.5, 0.6) is 0 Å². The number of nitrogens with zero attached hydrogens (tertiary/aromatic N) is 2. The summed E-state index contributed by atoms with van der Waals surface area (Å²) in [4.78, 5) is 28.7. The van der Waals surface area contributed by atoms with E-state index in [9.17, 15) is 14.9 Å². The van der Waals surface area contributed by atoms with Gasteiger partial charge < -0.3 is 9.88 Å². The molecule has 1 aromatic carbocycles. The van der Waals surface area contributed by atoms with Gasteiger partial charge in [-0.3, -0.25) is 14.9 Å². The summed E-state index contributed by atoms with van der Waals surface area (Å²) in [5, 5.41) is 11.7. The summed E-state index contributed by atoms with van der Waals surface area (Å²) in [5.41, 5.74) is 1.25. The average molecular weight is 345 g/mol. The molecule has 0 aliphatic rings. The number of benzene rings is 1. The lowest BCUT2D eigenvalue weighted by Gasteiger charge is -2.29. The van der Waals surface area contributed by atoms with Crippen molar-refractivity contribution in [1.82, 2.24) is 9.88 Å². The van der Waals surface area contributed by atoms with E-state index in [2.05, 4.69) is 25.8 Å². The third-order valence-electron chi connectivity index (χ3n) is 4.61. The summed E-state index contributed by atoms with van der Waals surface area (Å²) < 4.78 is 0. The number of H-pyrrole nitrogens is 1. The molecule has 0 saturated carbocycles. The van der Waals surface area contributed by atoms with Crippen molar-refractivity contribution in [3.8, 4) is 0 Å². The number of fused-ring (bicyclic) bond motifs is 1. The minimum Gasteiger partial charge on any atom is -0.360 e. The van der Waals surface area contributed by atoms with Crippen LogP contribution in [0.25, 0.3) is 10.9 Å².